The predicted molar refractivity (Wildman–Crippen MR) is 76.8 cm³/mol. The largest absolute Gasteiger partial charge is 0.462 e. The molecule has 0 atom stereocenters. The van der Waals surface area contributed by atoms with Crippen molar-refractivity contribution in [2.24, 2.45) is 0 Å². The molecule has 0 fully saturated rings. The predicted octanol–water partition coefficient (Wildman–Crippen LogP) is 3.12. The summed E-state index contributed by atoms with van der Waals surface area (Å²) in [4.78, 5) is 20.1. The smallest absolute Gasteiger partial charge is 0.341 e. The molecule has 21 heavy (non-hydrogen) atoms. The molecule has 4 nitrogen and oxygen atoms in total. The third kappa shape index (κ3) is 3.98. The lowest BCUT2D eigenvalue weighted by molar-refractivity contribution is 0.0524. The van der Waals surface area contributed by atoms with E-state index in [0.717, 1.165) is 5.56 Å². The lowest BCUT2D eigenvalue weighted by Crippen LogP contribution is -2.11. The maximum Gasteiger partial charge on any atom is 0.341 e. The van der Waals surface area contributed by atoms with Crippen LogP contribution in [0.25, 0.3) is 0 Å². The number of hydrogen-bond donors (Lipinski definition) is 0. The van der Waals surface area contributed by atoms with E-state index < -0.39 is 5.97 Å². The van der Waals surface area contributed by atoms with Crippen LogP contribution >= 0.6 is 11.6 Å². The lowest BCUT2D eigenvalue weighted by atomic mass is 10.1. The molecule has 1 aromatic heterocycles. The molecule has 110 valence electrons. The highest BCUT2D eigenvalue weighted by Gasteiger charge is 2.15. The van der Waals surface area contributed by atoms with E-state index in [1.54, 1.807) is 19.1 Å². The van der Waals surface area contributed by atoms with E-state index in [9.17, 15) is 9.18 Å². The monoisotopic (exact) mass is 308 g/mol. The van der Waals surface area contributed by atoms with Gasteiger partial charge >= 0.3 is 5.97 Å². The molecule has 2 rings (SSSR count). The van der Waals surface area contributed by atoms with E-state index in [1.807, 2.05) is 0 Å². The molecule has 0 spiro atoms. The normalized spacial score (nSPS) is 10.4. The number of nitrogens with zero attached hydrogens (tertiary/aromatic N) is 2. The van der Waals surface area contributed by atoms with Crippen LogP contribution in [0.3, 0.4) is 0 Å². The molecule has 1 heterocycles. The Labute approximate surface area is 126 Å². The number of aromatic nitrogens is 2. The Kier molecular flexibility index (Phi) is 5.22. The van der Waals surface area contributed by atoms with Gasteiger partial charge in [0.2, 0.25) is 0 Å². The highest BCUT2D eigenvalue weighted by atomic mass is 35.5. The summed E-state index contributed by atoms with van der Waals surface area (Å²) in [7, 11) is 0. The minimum atomic E-state index is -0.495. The number of carbonyl (C=O) groups is 1. The van der Waals surface area contributed by atoms with Gasteiger partial charge in [0, 0.05) is 12.6 Å². The van der Waals surface area contributed by atoms with Gasteiger partial charge in [-0.15, -0.1) is 11.6 Å². The van der Waals surface area contributed by atoms with Crippen molar-refractivity contribution in [2.45, 2.75) is 19.2 Å². The van der Waals surface area contributed by atoms with Gasteiger partial charge in [0.05, 0.1) is 18.2 Å². The second-order valence-corrected chi connectivity index (χ2v) is 4.57. The third-order valence-corrected chi connectivity index (χ3v) is 3.04. The van der Waals surface area contributed by atoms with Gasteiger partial charge < -0.3 is 4.74 Å². The minimum Gasteiger partial charge on any atom is -0.462 e. The van der Waals surface area contributed by atoms with E-state index in [1.165, 1.54) is 18.3 Å². The van der Waals surface area contributed by atoms with Crippen LogP contribution in [0.4, 0.5) is 4.39 Å². The van der Waals surface area contributed by atoms with Gasteiger partial charge in [-0.1, -0.05) is 12.1 Å². The Balaban J connectivity index is 2.24. The van der Waals surface area contributed by atoms with Gasteiger partial charge in [-0.2, -0.15) is 0 Å². The molecule has 6 heteroatoms. The molecule has 0 amide bonds. The molecule has 0 saturated heterocycles. The Morgan fingerprint density at radius 3 is 2.90 bits per heavy atom. The second kappa shape index (κ2) is 7.13. The van der Waals surface area contributed by atoms with Crippen molar-refractivity contribution in [3.05, 3.63) is 58.9 Å². The maximum absolute atomic E-state index is 13.1. The van der Waals surface area contributed by atoms with Gasteiger partial charge in [-0.3, -0.25) is 0 Å². The lowest BCUT2D eigenvalue weighted by Gasteiger charge is -2.07. The van der Waals surface area contributed by atoms with Crippen molar-refractivity contribution in [2.75, 3.05) is 6.61 Å². The second-order valence-electron chi connectivity index (χ2n) is 4.31. The van der Waals surface area contributed by atoms with Gasteiger partial charge in [-0.05, 0) is 24.6 Å². The number of hydrogen-bond acceptors (Lipinski definition) is 4. The van der Waals surface area contributed by atoms with E-state index in [0.29, 0.717) is 17.9 Å². The highest BCUT2D eigenvalue weighted by molar-refractivity contribution is 6.17. The number of rotatable bonds is 5. The Bertz CT molecular complexity index is 649. The summed E-state index contributed by atoms with van der Waals surface area (Å²) < 4.78 is 18.1. The van der Waals surface area contributed by atoms with E-state index >= 15 is 0 Å². The van der Waals surface area contributed by atoms with Crippen molar-refractivity contribution in [1.29, 1.82) is 0 Å². The minimum absolute atomic E-state index is 0.0762. The fraction of sp³-hybridized carbons (Fsp3) is 0.267. The topological polar surface area (TPSA) is 52.1 Å². The molecule has 1 aromatic carbocycles. The van der Waals surface area contributed by atoms with Gasteiger partial charge in [0.15, 0.2) is 0 Å². The van der Waals surface area contributed by atoms with Crippen molar-refractivity contribution >= 4 is 17.6 Å². The van der Waals surface area contributed by atoms with Crippen LogP contribution in [0, 0.1) is 5.82 Å². The molecule has 0 bridgehead atoms. The Morgan fingerprint density at radius 1 is 1.43 bits per heavy atom. The molecule has 2 aromatic rings. The molecule has 0 aliphatic rings. The molecular weight excluding hydrogens is 295 g/mol. The van der Waals surface area contributed by atoms with Gasteiger partial charge in [-0.25, -0.2) is 19.2 Å². The van der Waals surface area contributed by atoms with Crippen LogP contribution in [-0.4, -0.2) is 22.5 Å². The van der Waals surface area contributed by atoms with Crippen LogP contribution in [-0.2, 0) is 17.0 Å². The van der Waals surface area contributed by atoms with Gasteiger partial charge in [0.25, 0.3) is 0 Å². The molecule has 0 saturated carbocycles. The Morgan fingerprint density at radius 2 is 2.24 bits per heavy atom. The summed E-state index contributed by atoms with van der Waals surface area (Å²) in [5, 5.41) is 0. The first-order valence-corrected chi connectivity index (χ1v) is 6.99. The molecule has 0 radical (unpaired) electrons. The number of carbonyl (C=O) groups excluding carboxylic acids is 1. The molecular formula is C15H14ClFN2O2. The first-order chi connectivity index (χ1) is 10.1. The van der Waals surface area contributed by atoms with Crippen molar-refractivity contribution < 1.29 is 13.9 Å². The number of esters is 1. The van der Waals surface area contributed by atoms with Crippen molar-refractivity contribution in [1.82, 2.24) is 9.97 Å². The van der Waals surface area contributed by atoms with Gasteiger partial charge in [0.1, 0.15) is 17.2 Å². The van der Waals surface area contributed by atoms with Crippen LogP contribution in [0.1, 0.15) is 34.4 Å². The highest BCUT2D eigenvalue weighted by Crippen LogP contribution is 2.13. The summed E-state index contributed by atoms with van der Waals surface area (Å²) in [5.41, 5.74) is 1.42. The van der Waals surface area contributed by atoms with Crippen LogP contribution in [0.2, 0.25) is 0 Å². The first-order valence-electron chi connectivity index (χ1n) is 6.46. The summed E-state index contributed by atoms with van der Waals surface area (Å²) in [5.74, 6) is -0.254. The van der Waals surface area contributed by atoms with Crippen molar-refractivity contribution in [3.63, 3.8) is 0 Å². The zero-order chi connectivity index (χ0) is 15.2. The molecule has 0 unspecified atom stereocenters. The van der Waals surface area contributed by atoms with E-state index in [2.05, 4.69) is 9.97 Å². The molecule has 0 aliphatic heterocycles. The van der Waals surface area contributed by atoms with Crippen LogP contribution in [0.5, 0.6) is 0 Å². The third-order valence-electron chi connectivity index (χ3n) is 2.79. The van der Waals surface area contributed by atoms with Crippen LogP contribution in [0.15, 0.2) is 30.5 Å². The Hall–Kier alpha value is -2.01. The standard InChI is InChI=1S/C15H14ClFN2O2/c1-2-21-15(20)12-9-18-14(19-13(12)8-16)7-10-4-3-5-11(17)6-10/h3-6,9H,2,7-8H2,1H3. The number of alkyl halides is 1. The number of halogens is 2. The van der Waals surface area contributed by atoms with Crippen molar-refractivity contribution in [3.8, 4) is 0 Å². The average molecular weight is 309 g/mol. The summed E-state index contributed by atoms with van der Waals surface area (Å²) >= 11 is 5.82. The first kappa shape index (κ1) is 15.4. The van der Waals surface area contributed by atoms with E-state index in [-0.39, 0.29) is 23.9 Å². The fourth-order valence-electron chi connectivity index (χ4n) is 1.85. The van der Waals surface area contributed by atoms with Crippen LogP contribution < -0.4 is 0 Å². The maximum atomic E-state index is 13.1. The molecule has 0 aliphatic carbocycles. The summed E-state index contributed by atoms with van der Waals surface area (Å²) in [6.07, 6.45) is 1.77. The van der Waals surface area contributed by atoms with E-state index in [4.69, 9.17) is 16.3 Å². The zero-order valence-electron chi connectivity index (χ0n) is 11.5. The quantitative estimate of drug-likeness (QED) is 0.629. The average Bonchev–Trinajstić information content (AvgIpc) is 2.47. The molecule has 0 N–H and O–H groups in total. The number of benzene rings is 1. The number of ether oxygens (including phenoxy) is 1. The SMILES string of the molecule is CCOC(=O)c1cnc(Cc2cccc(F)c2)nc1CCl. The fourth-order valence-corrected chi connectivity index (χ4v) is 2.06. The summed E-state index contributed by atoms with van der Waals surface area (Å²) in [6, 6.07) is 6.20. The zero-order valence-corrected chi connectivity index (χ0v) is 12.2. The summed E-state index contributed by atoms with van der Waals surface area (Å²) in [6.45, 7) is 1.99.